The number of carbonyl (C=O) groups excluding carboxylic acids is 1. The zero-order valence-corrected chi connectivity index (χ0v) is 20.7. The van der Waals surface area contributed by atoms with E-state index in [-0.39, 0.29) is 15.7 Å². The Bertz CT molecular complexity index is 1080. The normalized spacial score (nSPS) is 17.8. The van der Waals surface area contributed by atoms with Crippen molar-refractivity contribution in [3.05, 3.63) is 71.3 Å². The number of hydrogen-bond acceptors (Lipinski definition) is 6. The first kappa shape index (κ1) is 25.9. The van der Waals surface area contributed by atoms with Crippen molar-refractivity contribution in [2.45, 2.75) is 44.1 Å². The van der Waals surface area contributed by atoms with Gasteiger partial charge in [0.1, 0.15) is 27.2 Å². The van der Waals surface area contributed by atoms with Gasteiger partial charge in [0.25, 0.3) is 0 Å². The SMILES string of the molecule is CC(C)(C)OC(=O)NCCCC1(c2ccccc2)SC(c2cc(F)ccc2F)=NN1C(=S)NN. The smallest absolute Gasteiger partial charge is 0.407 e. The summed E-state index contributed by atoms with van der Waals surface area (Å²) in [6, 6.07) is 12.6. The van der Waals surface area contributed by atoms with E-state index in [2.05, 4.69) is 15.8 Å². The van der Waals surface area contributed by atoms with Crippen LogP contribution in [-0.4, -0.2) is 33.4 Å². The summed E-state index contributed by atoms with van der Waals surface area (Å²) in [4.78, 5) is 11.1. The molecule has 0 aliphatic carbocycles. The molecule has 34 heavy (non-hydrogen) atoms. The lowest BCUT2D eigenvalue weighted by atomic mass is 10.0. The van der Waals surface area contributed by atoms with E-state index in [1.807, 2.05) is 30.3 Å². The Kier molecular flexibility index (Phi) is 8.11. The topological polar surface area (TPSA) is 92.0 Å². The molecule has 4 N–H and O–H groups in total. The van der Waals surface area contributed by atoms with Gasteiger partial charge in [0, 0.05) is 12.1 Å². The van der Waals surface area contributed by atoms with Gasteiger partial charge in [-0.3, -0.25) is 5.43 Å². The third-order valence-electron chi connectivity index (χ3n) is 4.86. The summed E-state index contributed by atoms with van der Waals surface area (Å²) < 4.78 is 33.8. The first-order valence-corrected chi connectivity index (χ1v) is 11.8. The minimum Gasteiger partial charge on any atom is -0.444 e. The van der Waals surface area contributed by atoms with Crippen LogP contribution in [0.2, 0.25) is 0 Å². The number of thioether (sulfide) groups is 1. The van der Waals surface area contributed by atoms with Crippen LogP contribution in [0.4, 0.5) is 13.6 Å². The number of hydrazine groups is 1. The molecule has 1 heterocycles. The lowest BCUT2D eigenvalue weighted by molar-refractivity contribution is 0.0525. The molecular weight excluding hydrogens is 480 g/mol. The van der Waals surface area contributed by atoms with Crippen LogP contribution in [0, 0.1) is 11.6 Å². The fourth-order valence-electron chi connectivity index (χ4n) is 3.45. The number of nitrogens with one attached hydrogen (secondary N) is 2. The van der Waals surface area contributed by atoms with Gasteiger partial charge in [-0.25, -0.2) is 24.4 Å². The second kappa shape index (κ2) is 10.7. The number of rotatable bonds is 6. The van der Waals surface area contributed by atoms with Gasteiger partial charge in [-0.1, -0.05) is 42.1 Å². The van der Waals surface area contributed by atoms with Crippen molar-refractivity contribution in [2.24, 2.45) is 10.9 Å². The van der Waals surface area contributed by atoms with E-state index in [1.54, 1.807) is 20.8 Å². The zero-order valence-electron chi connectivity index (χ0n) is 19.1. The summed E-state index contributed by atoms with van der Waals surface area (Å²) >= 11 is 6.67. The van der Waals surface area contributed by atoms with Crippen LogP contribution in [0.25, 0.3) is 0 Å². The predicted octanol–water partition coefficient (Wildman–Crippen LogP) is 4.58. The maximum atomic E-state index is 14.6. The minimum atomic E-state index is -0.908. The van der Waals surface area contributed by atoms with Crippen molar-refractivity contribution in [3.63, 3.8) is 0 Å². The summed E-state index contributed by atoms with van der Waals surface area (Å²) in [6.07, 6.45) is 0.442. The van der Waals surface area contributed by atoms with E-state index in [1.165, 1.54) is 16.8 Å². The van der Waals surface area contributed by atoms with E-state index < -0.39 is 28.2 Å². The van der Waals surface area contributed by atoms with Crippen LogP contribution in [0.5, 0.6) is 0 Å². The molecule has 11 heteroatoms. The molecule has 1 unspecified atom stereocenters. The zero-order chi connectivity index (χ0) is 24.9. The van der Waals surface area contributed by atoms with Gasteiger partial charge in [0.2, 0.25) is 5.11 Å². The molecule has 1 aliphatic heterocycles. The van der Waals surface area contributed by atoms with Crippen molar-refractivity contribution in [2.75, 3.05) is 6.54 Å². The number of hydrogen-bond donors (Lipinski definition) is 3. The molecule has 2 aromatic carbocycles. The van der Waals surface area contributed by atoms with Crippen molar-refractivity contribution in [1.29, 1.82) is 0 Å². The van der Waals surface area contributed by atoms with Gasteiger partial charge in [-0.05, 0) is 69.6 Å². The Hall–Kier alpha value is -2.76. The van der Waals surface area contributed by atoms with Crippen LogP contribution in [0.1, 0.15) is 44.7 Å². The number of ether oxygens (including phenoxy) is 1. The number of halogens is 2. The van der Waals surface area contributed by atoms with E-state index in [0.717, 1.165) is 23.8 Å². The maximum Gasteiger partial charge on any atom is 0.407 e. The fraction of sp³-hybridized carbons (Fsp3) is 0.348. The Morgan fingerprint density at radius 1 is 1.24 bits per heavy atom. The number of amides is 1. The van der Waals surface area contributed by atoms with Crippen molar-refractivity contribution >= 4 is 40.2 Å². The fourth-order valence-corrected chi connectivity index (χ4v) is 5.13. The maximum absolute atomic E-state index is 14.6. The molecule has 1 amide bonds. The van der Waals surface area contributed by atoms with Crippen LogP contribution < -0.4 is 16.6 Å². The largest absolute Gasteiger partial charge is 0.444 e. The van der Waals surface area contributed by atoms with Crippen molar-refractivity contribution in [1.82, 2.24) is 15.8 Å². The molecule has 7 nitrogen and oxygen atoms in total. The van der Waals surface area contributed by atoms with Gasteiger partial charge in [0.15, 0.2) is 0 Å². The van der Waals surface area contributed by atoms with Gasteiger partial charge < -0.3 is 10.1 Å². The van der Waals surface area contributed by atoms with Gasteiger partial charge in [-0.15, -0.1) is 0 Å². The third-order valence-corrected chi connectivity index (χ3v) is 6.59. The van der Waals surface area contributed by atoms with E-state index in [0.29, 0.717) is 19.4 Å². The third kappa shape index (κ3) is 6.02. The molecule has 3 rings (SSSR count). The monoisotopic (exact) mass is 507 g/mol. The summed E-state index contributed by atoms with van der Waals surface area (Å²) in [5.41, 5.74) is 2.70. The Morgan fingerprint density at radius 2 is 1.94 bits per heavy atom. The molecule has 0 radical (unpaired) electrons. The van der Waals surface area contributed by atoms with Crippen molar-refractivity contribution in [3.8, 4) is 0 Å². The molecule has 1 aliphatic rings. The van der Waals surface area contributed by atoms with Crippen LogP contribution in [0.15, 0.2) is 53.6 Å². The van der Waals surface area contributed by atoms with Crippen LogP contribution >= 0.6 is 24.0 Å². The van der Waals surface area contributed by atoms with E-state index >= 15 is 0 Å². The molecule has 182 valence electrons. The lowest BCUT2D eigenvalue weighted by Gasteiger charge is -2.37. The van der Waals surface area contributed by atoms with Crippen LogP contribution in [0.3, 0.4) is 0 Å². The number of thiocarbonyl (C=S) groups is 1. The second-order valence-corrected chi connectivity index (χ2v) is 10.2. The summed E-state index contributed by atoms with van der Waals surface area (Å²) in [5.74, 6) is 4.44. The number of nitrogens with zero attached hydrogens (tertiary/aromatic N) is 2. The second-order valence-electron chi connectivity index (χ2n) is 8.58. The van der Waals surface area contributed by atoms with Gasteiger partial charge in [0.05, 0.1) is 0 Å². The van der Waals surface area contributed by atoms with E-state index in [9.17, 15) is 13.6 Å². The predicted molar refractivity (Wildman–Crippen MR) is 134 cm³/mol. The molecule has 0 saturated carbocycles. The quantitative estimate of drug-likeness (QED) is 0.228. The highest BCUT2D eigenvalue weighted by atomic mass is 32.2. The average Bonchev–Trinajstić information content (AvgIpc) is 3.18. The number of benzene rings is 2. The standard InChI is InChI=1S/C23H27F2N5O2S2/c1-22(2,3)32-21(31)27-13-7-12-23(15-8-5-4-6-9-15)30(20(33)28-26)29-19(34-23)17-14-16(24)10-11-18(17)25/h4-6,8-11,14H,7,12-13,26H2,1-3H3,(H,27,31)(H,28,33). The highest BCUT2D eigenvalue weighted by molar-refractivity contribution is 8.15. The van der Waals surface area contributed by atoms with Crippen molar-refractivity contribution < 1.29 is 18.3 Å². The molecule has 0 aromatic heterocycles. The minimum absolute atomic E-state index is 0.0273. The molecule has 1 atom stereocenters. The summed E-state index contributed by atoms with van der Waals surface area (Å²) in [6.45, 7) is 5.68. The molecule has 2 aromatic rings. The lowest BCUT2D eigenvalue weighted by Crippen LogP contribution is -2.48. The molecule has 0 saturated heterocycles. The highest BCUT2D eigenvalue weighted by Gasteiger charge is 2.47. The first-order chi connectivity index (χ1) is 16.1. The van der Waals surface area contributed by atoms with Crippen LogP contribution in [-0.2, 0) is 9.61 Å². The molecule has 0 bridgehead atoms. The highest BCUT2D eigenvalue weighted by Crippen LogP contribution is 2.50. The number of alkyl carbamates (subject to hydrolysis) is 1. The number of nitrogens with two attached hydrogens (primary N) is 1. The molecular formula is C23H27F2N5O2S2. The average molecular weight is 508 g/mol. The number of hydrazone groups is 1. The Morgan fingerprint density at radius 3 is 2.59 bits per heavy atom. The van der Waals surface area contributed by atoms with E-state index in [4.69, 9.17) is 22.8 Å². The van der Waals surface area contributed by atoms with Gasteiger partial charge >= 0.3 is 6.09 Å². The Labute approximate surface area is 207 Å². The first-order valence-electron chi connectivity index (χ1n) is 10.6. The molecule has 0 spiro atoms. The Balaban J connectivity index is 1.91. The number of carbonyl (C=O) groups is 1. The molecule has 0 fully saturated rings. The van der Waals surface area contributed by atoms with Gasteiger partial charge in [-0.2, -0.15) is 5.10 Å². The summed E-state index contributed by atoms with van der Waals surface area (Å²) in [7, 11) is 0. The summed E-state index contributed by atoms with van der Waals surface area (Å²) in [5, 5.41) is 9.16.